The van der Waals surface area contributed by atoms with E-state index in [0.29, 0.717) is 29.0 Å². The summed E-state index contributed by atoms with van der Waals surface area (Å²) in [6.45, 7) is 4.04. The Kier molecular flexibility index (Phi) is 6.84. The molecule has 0 aliphatic carbocycles. The highest BCUT2D eigenvalue weighted by Gasteiger charge is 2.26. The molecule has 0 saturated carbocycles. The van der Waals surface area contributed by atoms with Gasteiger partial charge in [-0.3, -0.25) is 9.59 Å². The zero-order valence-corrected chi connectivity index (χ0v) is 13.8. The number of carboxylic acid groups (broad SMARTS) is 1. The van der Waals surface area contributed by atoms with Crippen molar-refractivity contribution in [1.82, 2.24) is 0 Å². The van der Waals surface area contributed by atoms with Crippen molar-refractivity contribution in [3.8, 4) is 5.75 Å². The van der Waals surface area contributed by atoms with E-state index < -0.39 is 17.8 Å². The van der Waals surface area contributed by atoms with Gasteiger partial charge >= 0.3 is 5.97 Å². The smallest absolute Gasteiger partial charge is 0.306 e. The molecule has 0 aromatic heterocycles. The minimum atomic E-state index is -0.977. The number of hydrogen-bond acceptors (Lipinski definition) is 4. The third-order valence-corrected chi connectivity index (χ3v) is 3.93. The predicted molar refractivity (Wildman–Crippen MR) is 81.8 cm³/mol. The lowest BCUT2D eigenvalue weighted by molar-refractivity contribution is -0.142. The molecule has 21 heavy (non-hydrogen) atoms. The summed E-state index contributed by atoms with van der Waals surface area (Å²) in [5.41, 5.74) is 0.460. The van der Waals surface area contributed by atoms with Gasteiger partial charge in [-0.15, -0.1) is 0 Å². The maximum atomic E-state index is 12.3. The fraction of sp³-hybridized carbons (Fsp3) is 0.467. The Bertz CT molecular complexity index is 515. The molecule has 0 spiro atoms. The van der Waals surface area contributed by atoms with Crippen LogP contribution in [0.1, 0.15) is 24.2 Å². The molecule has 0 aliphatic rings. The first-order valence-electron chi connectivity index (χ1n) is 6.56. The number of carbonyl (C=O) groups is 2. The molecule has 0 fully saturated rings. The number of ether oxygens (including phenoxy) is 2. The highest BCUT2D eigenvalue weighted by Crippen LogP contribution is 2.28. The molecule has 1 aromatic rings. The Morgan fingerprint density at radius 2 is 1.90 bits per heavy atom. The summed E-state index contributed by atoms with van der Waals surface area (Å²) in [6, 6.07) is 4.97. The van der Waals surface area contributed by atoms with Crippen LogP contribution in [0.2, 0.25) is 0 Å². The summed E-state index contributed by atoms with van der Waals surface area (Å²) in [5.74, 6) is -1.88. The van der Waals surface area contributed by atoms with Gasteiger partial charge in [-0.25, -0.2) is 0 Å². The monoisotopic (exact) mass is 358 g/mol. The molecule has 0 heterocycles. The second-order valence-corrected chi connectivity index (χ2v) is 5.62. The van der Waals surface area contributed by atoms with Crippen LogP contribution in [0.15, 0.2) is 22.7 Å². The minimum absolute atomic E-state index is 0.200. The molecule has 1 N–H and O–H groups in total. The van der Waals surface area contributed by atoms with Crippen LogP contribution >= 0.6 is 15.9 Å². The lowest BCUT2D eigenvalue weighted by Crippen LogP contribution is -2.25. The van der Waals surface area contributed by atoms with Crippen LogP contribution < -0.4 is 4.74 Å². The number of aliphatic carboxylic acids is 1. The largest absolute Gasteiger partial charge is 0.490 e. The van der Waals surface area contributed by atoms with Crippen LogP contribution in [0.5, 0.6) is 5.75 Å². The van der Waals surface area contributed by atoms with E-state index >= 15 is 0 Å². The number of hydrogen-bond donors (Lipinski definition) is 1. The molecule has 0 saturated heterocycles. The Hall–Kier alpha value is -1.40. The van der Waals surface area contributed by atoms with Crippen LogP contribution in [-0.4, -0.2) is 37.2 Å². The summed E-state index contributed by atoms with van der Waals surface area (Å²) in [5, 5.41) is 8.97. The molecule has 1 aromatic carbocycles. The van der Waals surface area contributed by atoms with E-state index in [9.17, 15) is 9.59 Å². The van der Waals surface area contributed by atoms with Gasteiger partial charge in [0.25, 0.3) is 0 Å². The molecule has 5 nitrogen and oxygen atoms in total. The first-order chi connectivity index (χ1) is 9.88. The Morgan fingerprint density at radius 3 is 2.43 bits per heavy atom. The van der Waals surface area contributed by atoms with Crippen LogP contribution in [0.25, 0.3) is 0 Å². The van der Waals surface area contributed by atoms with Crippen molar-refractivity contribution in [2.24, 2.45) is 11.8 Å². The quantitative estimate of drug-likeness (QED) is 0.571. The van der Waals surface area contributed by atoms with Gasteiger partial charge in [0, 0.05) is 18.6 Å². The van der Waals surface area contributed by atoms with Gasteiger partial charge in [0.15, 0.2) is 5.78 Å². The summed E-state index contributed by atoms with van der Waals surface area (Å²) in [4.78, 5) is 23.2. The standard InChI is InChI=1S/C15H19BrO5/c1-9(10(2)15(18)19)14(17)11-4-5-13(12(16)8-11)21-7-6-20-3/h4-5,8-10H,6-7H2,1-3H3,(H,18,19). The Balaban J connectivity index is 2.83. The summed E-state index contributed by atoms with van der Waals surface area (Å²) >= 11 is 3.35. The van der Waals surface area contributed by atoms with E-state index in [1.165, 1.54) is 6.92 Å². The van der Waals surface area contributed by atoms with Crippen molar-refractivity contribution >= 4 is 27.7 Å². The Labute approximate surface area is 132 Å². The van der Waals surface area contributed by atoms with E-state index in [-0.39, 0.29) is 5.78 Å². The molecule has 116 valence electrons. The summed E-state index contributed by atoms with van der Waals surface area (Å²) in [6.07, 6.45) is 0. The van der Waals surface area contributed by atoms with Crippen molar-refractivity contribution in [1.29, 1.82) is 0 Å². The van der Waals surface area contributed by atoms with Gasteiger partial charge in [0.2, 0.25) is 0 Å². The van der Waals surface area contributed by atoms with Crippen molar-refractivity contribution in [2.75, 3.05) is 20.3 Å². The number of carbonyl (C=O) groups excluding carboxylic acids is 1. The zero-order chi connectivity index (χ0) is 16.0. The minimum Gasteiger partial charge on any atom is -0.490 e. The molecule has 0 bridgehead atoms. The van der Waals surface area contributed by atoms with Crippen molar-refractivity contribution in [3.63, 3.8) is 0 Å². The SMILES string of the molecule is COCCOc1ccc(C(=O)C(C)C(C)C(=O)O)cc1Br. The first kappa shape index (κ1) is 17.7. The van der Waals surface area contributed by atoms with Gasteiger partial charge < -0.3 is 14.6 Å². The third kappa shape index (κ3) is 4.82. The molecule has 6 heteroatoms. The number of carboxylic acids is 1. The molecule has 0 amide bonds. The predicted octanol–water partition coefficient (Wildman–Crippen LogP) is 3.01. The zero-order valence-electron chi connectivity index (χ0n) is 12.3. The van der Waals surface area contributed by atoms with Gasteiger partial charge in [-0.05, 0) is 34.1 Å². The molecule has 0 aliphatic heterocycles. The highest BCUT2D eigenvalue weighted by atomic mass is 79.9. The molecule has 1 rings (SSSR count). The fourth-order valence-electron chi connectivity index (χ4n) is 1.71. The normalized spacial score (nSPS) is 13.5. The van der Waals surface area contributed by atoms with Gasteiger partial charge in [-0.1, -0.05) is 13.8 Å². The summed E-state index contributed by atoms with van der Waals surface area (Å²) < 4.78 is 11.0. The number of ketones is 1. The van der Waals surface area contributed by atoms with Crippen molar-refractivity contribution in [2.45, 2.75) is 13.8 Å². The van der Waals surface area contributed by atoms with Crippen LogP contribution in [0, 0.1) is 11.8 Å². The molecular weight excluding hydrogens is 340 g/mol. The van der Waals surface area contributed by atoms with E-state index in [4.69, 9.17) is 14.6 Å². The average Bonchev–Trinajstić information content (AvgIpc) is 2.46. The number of benzene rings is 1. The lowest BCUT2D eigenvalue weighted by Gasteiger charge is -2.15. The maximum absolute atomic E-state index is 12.3. The van der Waals surface area contributed by atoms with Crippen LogP contribution in [0.3, 0.4) is 0 Å². The number of rotatable bonds is 8. The van der Waals surface area contributed by atoms with E-state index in [1.54, 1.807) is 32.2 Å². The lowest BCUT2D eigenvalue weighted by atomic mass is 9.88. The topological polar surface area (TPSA) is 72.8 Å². The third-order valence-electron chi connectivity index (χ3n) is 3.31. The van der Waals surface area contributed by atoms with Crippen molar-refractivity contribution < 1.29 is 24.2 Å². The second-order valence-electron chi connectivity index (χ2n) is 4.77. The molecular formula is C15H19BrO5. The average molecular weight is 359 g/mol. The van der Waals surface area contributed by atoms with E-state index in [1.807, 2.05) is 0 Å². The molecule has 2 atom stereocenters. The van der Waals surface area contributed by atoms with Gasteiger partial charge in [-0.2, -0.15) is 0 Å². The second kappa shape index (κ2) is 8.14. The first-order valence-corrected chi connectivity index (χ1v) is 7.36. The van der Waals surface area contributed by atoms with Gasteiger partial charge in [0.1, 0.15) is 12.4 Å². The molecule has 0 radical (unpaired) electrons. The maximum Gasteiger partial charge on any atom is 0.306 e. The van der Waals surface area contributed by atoms with Crippen molar-refractivity contribution in [3.05, 3.63) is 28.2 Å². The summed E-state index contributed by atoms with van der Waals surface area (Å²) in [7, 11) is 1.59. The van der Waals surface area contributed by atoms with Crippen LogP contribution in [-0.2, 0) is 9.53 Å². The number of halogens is 1. The number of Topliss-reactive ketones (excluding diaryl/α,β-unsaturated/α-hetero) is 1. The van der Waals surface area contributed by atoms with E-state index in [2.05, 4.69) is 15.9 Å². The van der Waals surface area contributed by atoms with E-state index in [0.717, 1.165) is 0 Å². The number of methoxy groups -OCH3 is 1. The fourth-order valence-corrected chi connectivity index (χ4v) is 2.20. The van der Waals surface area contributed by atoms with Gasteiger partial charge in [0.05, 0.1) is 17.0 Å². The van der Waals surface area contributed by atoms with Crippen LogP contribution in [0.4, 0.5) is 0 Å². The molecule has 2 unspecified atom stereocenters. The highest BCUT2D eigenvalue weighted by molar-refractivity contribution is 9.10. The Morgan fingerprint density at radius 1 is 1.24 bits per heavy atom.